The van der Waals surface area contributed by atoms with E-state index < -0.39 is 5.66 Å². The number of terminal acetylenes is 1. The summed E-state index contributed by atoms with van der Waals surface area (Å²) >= 11 is 0. The van der Waals surface area contributed by atoms with Gasteiger partial charge >= 0.3 is 0 Å². The van der Waals surface area contributed by atoms with Crippen molar-refractivity contribution < 1.29 is 4.79 Å². The van der Waals surface area contributed by atoms with Crippen molar-refractivity contribution in [2.24, 2.45) is 10.2 Å². The molecule has 0 spiro atoms. The molecule has 1 amide bonds. The number of nitrogens with one attached hydrogen (secondary N) is 1. The van der Waals surface area contributed by atoms with Crippen molar-refractivity contribution in [1.29, 1.82) is 0 Å². The number of hydrogen-bond donors (Lipinski definition) is 1. The van der Waals surface area contributed by atoms with Gasteiger partial charge in [0.15, 0.2) is 5.66 Å². The van der Waals surface area contributed by atoms with Gasteiger partial charge in [0, 0.05) is 31.9 Å². The largest absolute Gasteiger partial charge is 0.324 e. The molecule has 5 heteroatoms. The van der Waals surface area contributed by atoms with Crippen LogP contribution in [-0.2, 0) is 17.6 Å². The topological polar surface area (TPSA) is 66.7 Å². The fraction of sp³-hybridized carbons (Fsp3) is 0.529. The number of pyridine rings is 1. The number of amides is 1. The van der Waals surface area contributed by atoms with Gasteiger partial charge in [-0.1, -0.05) is 0 Å². The van der Waals surface area contributed by atoms with Gasteiger partial charge in [0.1, 0.15) is 0 Å². The average Bonchev–Trinajstić information content (AvgIpc) is 3.32. The highest BCUT2D eigenvalue weighted by Crippen LogP contribution is 2.37. The molecule has 1 aromatic heterocycles. The molecule has 0 saturated heterocycles. The molecule has 1 aliphatic carbocycles. The Hall–Kier alpha value is -2.22. The van der Waals surface area contributed by atoms with Crippen molar-refractivity contribution in [2.75, 3.05) is 5.32 Å². The van der Waals surface area contributed by atoms with Crippen LogP contribution in [0.2, 0.25) is 0 Å². The number of fused-ring (bicyclic) bond motifs is 1. The van der Waals surface area contributed by atoms with Crippen LogP contribution in [0.25, 0.3) is 0 Å². The van der Waals surface area contributed by atoms with E-state index in [1.165, 1.54) is 24.0 Å². The SMILES string of the molecule is C#CCCC1(CCC(=O)Nc2cncc3c2CCCC3)N=N1. The molecule has 5 nitrogen and oxygen atoms in total. The Morgan fingerprint density at radius 2 is 2.09 bits per heavy atom. The number of hydrogen-bond acceptors (Lipinski definition) is 4. The molecule has 0 bridgehead atoms. The maximum atomic E-state index is 12.2. The predicted molar refractivity (Wildman–Crippen MR) is 84.4 cm³/mol. The Kier molecular flexibility index (Phi) is 4.19. The lowest BCUT2D eigenvalue weighted by atomic mass is 9.92. The van der Waals surface area contributed by atoms with Gasteiger partial charge in [-0.05, 0) is 36.8 Å². The highest BCUT2D eigenvalue weighted by Gasteiger charge is 2.39. The van der Waals surface area contributed by atoms with E-state index in [1.54, 1.807) is 6.20 Å². The maximum absolute atomic E-state index is 12.2. The van der Waals surface area contributed by atoms with E-state index in [1.807, 2.05) is 6.20 Å². The summed E-state index contributed by atoms with van der Waals surface area (Å²) in [5, 5.41) is 11.1. The lowest BCUT2D eigenvalue weighted by Crippen LogP contribution is -2.19. The second kappa shape index (κ2) is 6.27. The van der Waals surface area contributed by atoms with E-state index in [-0.39, 0.29) is 5.91 Å². The Morgan fingerprint density at radius 3 is 2.86 bits per heavy atom. The van der Waals surface area contributed by atoms with Crippen LogP contribution in [0.4, 0.5) is 5.69 Å². The molecule has 1 aromatic rings. The van der Waals surface area contributed by atoms with Crippen molar-refractivity contribution in [3.8, 4) is 12.3 Å². The lowest BCUT2D eigenvalue weighted by Gasteiger charge is -2.19. The van der Waals surface area contributed by atoms with E-state index in [4.69, 9.17) is 6.42 Å². The molecule has 0 aromatic carbocycles. The molecule has 0 radical (unpaired) electrons. The minimum absolute atomic E-state index is 0.00171. The van der Waals surface area contributed by atoms with Crippen LogP contribution in [0.5, 0.6) is 0 Å². The molecule has 114 valence electrons. The first-order chi connectivity index (χ1) is 10.7. The van der Waals surface area contributed by atoms with Crippen molar-refractivity contribution in [2.45, 2.75) is 57.0 Å². The fourth-order valence-corrected chi connectivity index (χ4v) is 2.96. The second-order valence-electron chi connectivity index (χ2n) is 5.97. The molecule has 2 heterocycles. The molecule has 1 aliphatic heterocycles. The quantitative estimate of drug-likeness (QED) is 0.819. The van der Waals surface area contributed by atoms with Crippen LogP contribution in [0.1, 0.15) is 49.7 Å². The second-order valence-corrected chi connectivity index (χ2v) is 5.97. The number of anilines is 1. The van der Waals surface area contributed by atoms with Gasteiger partial charge in [-0.25, -0.2) is 0 Å². The summed E-state index contributed by atoms with van der Waals surface area (Å²) in [5.41, 5.74) is 2.99. The standard InChI is InChI=1S/C17H20N4O/c1-2-3-9-17(20-21-17)10-8-16(22)19-15-12-18-11-13-6-4-5-7-14(13)15/h1,11-12H,3-10H2,(H,19,22). The molecule has 22 heavy (non-hydrogen) atoms. The van der Waals surface area contributed by atoms with Crippen LogP contribution >= 0.6 is 0 Å². The molecule has 3 rings (SSSR count). The minimum atomic E-state index is -0.391. The Morgan fingerprint density at radius 1 is 1.27 bits per heavy atom. The molecular weight excluding hydrogens is 276 g/mol. The Labute approximate surface area is 130 Å². The number of nitrogens with zero attached hydrogens (tertiary/aromatic N) is 3. The van der Waals surface area contributed by atoms with Crippen molar-refractivity contribution >= 4 is 11.6 Å². The first-order valence-electron chi connectivity index (χ1n) is 7.86. The van der Waals surface area contributed by atoms with E-state index >= 15 is 0 Å². The summed E-state index contributed by atoms with van der Waals surface area (Å²) in [6.45, 7) is 0. The number of rotatable bonds is 6. The normalized spacial score (nSPS) is 17.4. The molecular formula is C17H20N4O. The number of carbonyl (C=O) groups excluding carboxylic acids is 1. The molecule has 0 unspecified atom stereocenters. The highest BCUT2D eigenvalue weighted by molar-refractivity contribution is 5.91. The third-order valence-electron chi connectivity index (χ3n) is 4.35. The van der Waals surface area contributed by atoms with Gasteiger partial charge in [0.25, 0.3) is 0 Å². The third-order valence-corrected chi connectivity index (χ3v) is 4.35. The van der Waals surface area contributed by atoms with Crippen molar-refractivity contribution in [3.63, 3.8) is 0 Å². The van der Waals surface area contributed by atoms with E-state index in [9.17, 15) is 4.79 Å². The lowest BCUT2D eigenvalue weighted by molar-refractivity contribution is -0.116. The van der Waals surface area contributed by atoms with Crippen LogP contribution in [0.15, 0.2) is 22.6 Å². The smallest absolute Gasteiger partial charge is 0.224 e. The molecule has 1 N–H and O–H groups in total. The maximum Gasteiger partial charge on any atom is 0.224 e. The summed E-state index contributed by atoms with van der Waals surface area (Å²) < 4.78 is 0. The van der Waals surface area contributed by atoms with Gasteiger partial charge in [-0.15, -0.1) is 12.3 Å². The van der Waals surface area contributed by atoms with Crippen LogP contribution in [0.3, 0.4) is 0 Å². The Bertz CT molecular complexity index is 639. The monoisotopic (exact) mass is 296 g/mol. The first kappa shape index (κ1) is 14.7. The minimum Gasteiger partial charge on any atom is -0.324 e. The third kappa shape index (κ3) is 3.33. The Balaban J connectivity index is 1.55. The summed E-state index contributed by atoms with van der Waals surface area (Å²) in [6.07, 6.45) is 15.8. The average molecular weight is 296 g/mol. The number of aryl methyl sites for hydroxylation is 1. The van der Waals surface area contributed by atoms with Crippen molar-refractivity contribution in [3.05, 3.63) is 23.5 Å². The van der Waals surface area contributed by atoms with Crippen LogP contribution in [-0.4, -0.2) is 16.6 Å². The zero-order chi connectivity index (χ0) is 15.4. The molecule has 2 aliphatic rings. The fourth-order valence-electron chi connectivity index (χ4n) is 2.96. The van der Waals surface area contributed by atoms with Crippen molar-refractivity contribution in [1.82, 2.24) is 4.98 Å². The van der Waals surface area contributed by atoms with Crippen LogP contribution in [0, 0.1) is 12.3 Å². The number of carbonyl (C=O) groups is 1. The predicted octanol–water partition coefficient (Wildman–Crippen LogP) is 3.25. The zero-order valence-corrected chi connectivity index (χ0v) is 12.6. The molecule has 0 fully saturated rings. The molecule has 0 saturated carbocycles. The van der Waals surface area contributed by atoms with Gasteiger partial charge in [-0.3, -0.25) is 9.78 Å². The number of aromatic nitrogens is 1. The summed E-state index contributed by atoms with van der Waals surface area (Å²) in [5.74, 6) is 2.59. The van der Waals surface area contributed by atoms with Crippen LogP contribution < -0.4 is 5.32 Å². The zero-order valence-electron chi connectivity index (χ0n) is 12.6. The van der Waals surface area contributed by atoms with Gasteiger partial charge in [0.05, 0.1) is 11.9 Å². The van der Waals surface area contributed by atoms with Gasteiger partial charge < -0.3 is 5.32 Å². The summed E-state index contributed by atoms with van der Waals surface area (Å²) in [7, 11) is 0. The van der Waals surface area contributed by atoms with E-state index in [0.29, 0.717) is 19.3 Å². The van der Waals surface area contributed by atoms with Gasteiger partial charge in [0.2, 0.25) is 5.91 Å². The summed E-state index contributed by atoms with van der Waals surface area (Å²) in [6, 6.07) is 0. The highest BCUT2D eigenvalue weighted by atomic mass is 16.1. The van der Waals surface area contributed by atoms with E-state index in [2.05, 4.69) is 26.4 Å². The van der Waals surface area contributed by atoms with Gasteiger partial charge in [-0.2, -0.15) is 10.2 Å². The molecule has 0 atom stereocenters. The summed E-state index contributed by atoms with van der Waals surface area (Å²) in [4.78, 5) is 16.4. The first-order valence-corrected chi connectivity index (χ1v) is 7.86. The van der Waals surface area contributed by atoms with E-state index in [0.717, 1.165) is 24.9 Å².